The molecule has 101 heavy (non-hydrogen) atoms. The van der Waals surface area contributed by atoms with E-state index in [-0.39, 0.29) is 94.0 Å². The number of nitrogen functional groups attached to an aromatic ring is 5. The maximum absolute atomic E-state index is 14.3. The predicted molar refractivity (Wildman–Crippen MR) is 332 cm³/mol. The fraction of sp³-hybridized carbons (Fsp3) is 0.531. The third kappa shape index (κ3) is 15.5. The lowest BCUT2D eigenvalue weighted by molar-refractivity contribution is -0.0640. The number of H-pyrrole nitrogens is 1. The van der Waals surface area contributed by atoms with Crippen LogP contribution in [0.3, 0.4) is 0 Å². The summed E-state index contributed by atoms with van der Waals surface area (Å²) >= 11 is 0. The normalized spacial score (nSPS) is 29.4. The van der Waals surface area contributed by atoms with E-state index in [2.05, 4.69) is 54.8 Å². The van der Waals surface area contributed by atoms with Crippen molar-refractivity contribution in [3.05, 3.63) is 87.0 Å². The van der Waals surface area contributed by atoms with Gasteiger partial charge in [0.05, 0.1) is 64.7 Å². The van der Waals surface area contributed by atoms with Gasteiger partial charge in [0.2, 0.25) is 5.95 Å². The fourth-order valence-electron chi connectivity index (χ4n) is 11.9. The van der Waals surface area contributed by atoms with Crippen LogP contribution in [0.4, 0.5) is 29.2 Å². The maximum atomic E-state index is 14.3. The highest BCUT2D eigenvalue weighted by Crippen LogP contribution is 2.55. The number of imidazole rings is 3. The van der Waals surface area contributed by atoms with Crippen molar-refractivity contribution in [2.45, 2.75) is 131 Å². The second kappa shape index (κ2) is 28.5. The number of anilines is 5. The highest BCUT2D eigenvalue weighted by atomic mass is 31.2. The van der Waals surface area contributed by atoms with Gasteiger partial charge in [0.25, 0.3) is 5.56 Å². The number of nitrogens with two attached hydrogens (primary N) is 5. The number of aliphatic hydroxyl groups excluding tert-OH is 3. The smallest absolute Gasteiger partial charge is 0.394 e. The summed E-state index contributed by atoms with van der Waals surface area (Å²) in [7, 11) is -21.5. The Balaban J connectivity index is 0.703. The Morgan fingerprint density at radius 3 is 1.37 bits per heavy atom. The number of aromatic amines is 1. The van der Waals surface area contributed by atoms with Crippen molar-refractivity contribution in [1.82, 2.24) is 77.7 Å². The Kier molecular flexibility index (Phi) is 20.2. The van der Waals surface area contributed by atoms with E-state index in [1.807, 2.05) is 0 Å². The summed E-state index contributed by atoms with van der Waals surface area (Å²) < 4.78 is 136. The van der Waals surface area contributed by atoms with Gasteiger partial charge in [-0.15, -0.1) is 0 Å². The highest BCUT2D eigenvalue weighted by molar-refractivity contribution is 7.48. The summed E-state index contributed by atoms with van der Waals surface area (Å²) in [4.78, 5) is 126. The molecule has 5 fully saturated rings. The number of nitrogens with zero attached hydrogens (tertiary/aromatic N) is 15. The minimum absolute atomic E-state index is 0.0218. The zero-order chi connectivity index (χ0) is 71.6. The van der Waals surface area contributed by atoms with Crippen molar-refractivity contribution in [1.29, 1.82) is 0 Å². The number of fused-ring (bicyclic) bond motifs is 3. The molecule has 5 aliphatic heterocycles. The Labute approximate surface area is 562 Å². The lowest BCUT2D eigenvalue weighted by atomic mass is 10.2. The van der Waals surface area contributed by atoms with Gasteiger partial charge >= 0.3 is 42.7 Å². The van der Waals surface area contributed by atoms with Crippen LogP contribution in [0.15, 0.2) is 64.5 Å². The van der Waals surface area contributed by atoms with Gasteiger partial charge in [-0.1, -0.05) is 0 Å². The Hall–Kier alpha value is -7.67. The van der Waals surface area contributed by atoms with Crippen LogP contribution in [0.25, 0.3) is 33.5 Å². The summed E-state index contributed by atoms with van der Waals surface area (Å²) in [5, 5.41) is 31.1. The average Bonchev–Trinajstić information content (AvgIpc) is 1.65. The summed E-state index contributed by atoms with van der Waals surface area (Å²) in [6.45, 7) is -5.24. The van der Waals surface area contributed by atoms with E-state index in [1.165, 1.54) is 44.9 Å². The highest BCUT2D eigenvalue weighted by Gasteiger charge is 2.50. The van der Waals surface area contributed by atoms with Crippen molar-refractivity contribution >= 4 is 94.0 Å². The zero-order valence-corrected chi connectivity index (χ0v) is 55.3. The van der Waals surface area contributed by atoms with Crippen molar-refractivity contribution < 1.29 is 113 Å². The molecule has 0 saturated carbocycles. The van der Waals surface area contributed by atoms with Crippen molar-refractivity contribution in [2.75, 3.05) is 61.7 Å². The molecule has 5 saturated heterocycles. The van der Waals surface area contributed by atoms with Gasteiger partial charge in [0.1, 0.15) is 121 Å². The van der Waals surface area contributed by atoms with Crippen LogP contribution in [-0.4, -0.2) is 207 Å². The Morgan fingerprint density at radius 2 is 0.891 bits per heavy atom. The molecular weight excluding hydrogens is 1440 g/mol. The molecule has 0 aromatic carbocycles. The quantitative estimate of drug-likeness (QED) is 0.0237. The van der Waals surface area contributed by atoms with Gasteiger partial charge in [0.15, 0.2) is 34.1 Å². The first kappa shape index (κ1) is 71.7. The van der Waals surface area contributed by atoms with E-state index in [1.54, 1.807) is 0 Å². The molecule has 0 aliphatic carbocycles. The zero-order valence-electron chi connectivity index (χ0n) is 51.7. The number of nitrogens with one attached hydrogen (secondary N) is 1. The Morgan fingerprint density at radius 1 is 0.485 bits per heavy atom. The molecular formula is C49H63N21O27P4. The molecule has 48 nitrogen and oxygen atoms in total. The van der Waals surface area contributed by atoms with Crippen molar-refractivity contribution in [2.24, 2.45) is 0 Å². The first-order valence-electron chi connectivity index (χ1n) is 30.1. The monoisotopic (exact) mass is 1500 g/mol. The molecule has 8 aromatic rings. The van der Waals surface area contributed by atoms with Crippen LogP contribution in [0.2, 0.25) is 0 Å². The second-order valence-electron chi connectivity index (χ2n) is 23.2. The molecule has 0 spiro atoms. The summed E-state index contributed by atoms with van der Waals surface area (Å²) in [6.07, 6.45) is -14.5. The molecule has 546 valence electrons. The van der Waals surface area contributed by atoms with E-state index < -0.39 is 186 Å². The second-order valence-corrected chi connectivity index (χ2v) is 28.8. The van der Waals surface area contributed by atoms with E-state index >= 15 is 0 Å². The molecule has 5 aliphatic rings. The molecule has 0 radical (unpaired) electrons. The van der Waals surface area contributed by atoms with E-state index in [0.717, 1.165) is 28.0 Å². The fourth-order valence-corrected chi connectivity index (χ4v) is 15.7. The Bertz CT molecular complexity index is 4800. The lowest BCUT2D eigenvalue weighted by Gasteiger charge is -2.25. The van der Waals surface area contributed by atoms with Crippen LogP contribution in [-0.2, 0) is 84.7 Å². The van der Waals surface area contributed by atoms with Crippen molar-refractivity contribution in [3.63, 3.8) is 0 Å². The molecule has 8 aromatic heterocycles. The number of hydrogen-bond acceptors (Lipinski definition) is 38. The molecule has 0 bridgehead atoms. The minimum atomic E-state index is -5.52. The third-order valence-electron chi connectivity index (χ3n) is 16.6. The first-order chi connectivity index (χ1) is 48.0. The minimum Gasteiger partial charge on any atom is -0.394 e. The van der Waals surface area contributed by atoms with Crippen LogP contribution in [0.5, 0.6) is 0 Å². The van der Waals surface area contributed by atoms with E-state index in [0.29, 0.717) is 0 Å². The number of phosphoric acid groups is 4. The van der Waals surface area contributed by atoms with Gasteiger partial charge in [0, 0.05) is 50.1 Å². The SMILES string of the molecule is Nc1ccn([C@H]2C[C@H](OP(=O)(O)OC[C@H]3O[C@@H](n4cnc5c(N)ncnc54)C[C@@H]3OP(=O)(O)OC[C@H]3O[C@@H](n4cc(CO)c(N)nc4=O)C[C@@H]3OP(=O)(O)OC[C@H]3O[C@@H](n4cnc5c(N)ncnc54)C[C@@H]3OP(=O)(O)OC[C@H]3O[C@@H](n4cnc5c(=O)[nH]c(N)nc54)C[C@@H]3O)[C@@H](CO)O2)c(=O)n1. The molecule has 52 heteroatoms. The molecule has 13 heterocycles. The van der Waals surface area contributed by atoms with Crippen LogP contribution >= 0.6 is 31.3 Å². The topological polar surface area (TPSA) is 681 Å². The number of rotatable bonds is 27. The summed E-state index contributed by atoms with van der Waals surface area (Å²) in [5.74, 6) is -0.738. The standard InChI is InChI=1S/C49H63N21O27P4/c50-31-1-2-66(48(75)62-31)33-4-22(26(10-72)89-33)94-99(79,80)86-13-29-25(7-36(92-29)69-18-60-38-42(53)56-16-58-44(38)69)97-101(83,84)87-12-28-23(5-34(91-28)67-8-20(9-71)40(51)63-49(67)76)95-100(81,82)88-14-30-24(6-35(93-30)68-17-59-37-41(52)55-15-57-43(37)68)96-98(77,78)85-11-27-21(73)3-32(90-27)70-19-61-39-45(70)64-47(54)65-46(39)74/h1-2,8,15-19,21-30,32-36,71-73H,3-7,9-14H2,(H,77,78)(H,79,80)(H,81,82)(H,83,84)(H2,50,62,75)(H2,51,63,76)(H2,52,55,57)(H2,53,56,58)(H3,54,64,65,74)/t21-,22-,23-,24-,25-,26+,27+,28+,29+,30+,32+,33+,34+,35+,36+/m0/s1. The van der Waals surface area contributed by atoms with Gasteiger partial charge in [-0.05, 0) is 6.07 Å². The maximum Gasteiger partial charge on any atom is 0.472 e. The van der Waals surface area contributed by atoms with Crippen LogP contribution in [0.1, 0.15) is 68.8 Å². The molecule has 18 N–H and O–H groups in total. The first-order valence-corrected chi connectivity index (χ1v) is 36.1. The number of phosphoric ester groups is 4. The van der Waals surface area contributed by atoms with Gasteiger partial charge < -0.3 is 87.2 Å². The van der Waals surface area contributed by atoms with Crippen LogP contribution in [0, 0.1) is 0 Å². The lowest BCUT2D eigenvalue weighted by Crippen LogP contribution is -2.32. The largest absolute Gasteiger partial charge is 0.472 e. The summed E-state index contributed by atoms with van der Waals surface area (Å²) in [6, 6.07) is 1.30. The van der Waals surface area contributed by atoms with Gasteiger partial charge in [-0.2, -0.15) is 15.0 Å². The number of hydrogen-bond donors (Lipinski definition) is 13. The van der Waals surface area contributed by atoms with Crippen molar-refractivity contribution in [3.8, 4) is 0 Å². The summed E-state index contributed by atoms with van der Waals surface area (Å²) in [5.41, 5.74) is 27.1. The number of aliphatic hydroxyl groups is 3. The average molecular weight is 1500 g/mol. The van der Waals surface area contributed by atoms with E-state index in [9.17, 15) is 67.5 Å². The molecule has 19 atom stereocenters. The van der Waals surface area contributed by atoms with Crippen LogP contribution < -0.4 is 45.6 Å². The number of ether oxygens (including phenoxy) is 5. The van der Waals surface area contributed by atoms with Gasteiger partial charge in [-0.3, -0.25) is 68.8 Å². The molecule has 4 unspecified atom stereocenters. The number of aromatic nitrogens is 16. The molecule has 13 rings (SSSR count). The third-order valence-corrected chi connectivity index (χ3v) is 20.7. The molecule has 0 amide bonds. The predicted octanol–water partition coefficient (Wildman–Crippen LogP) is -2.48. The van der Waals surface area contributed by atoms with E-state index in [4.69, 9.17) is 88.5 Å². The van der Waals surface area contributed by atoms with Gasteiger partial charge in [-0.25, -0.2) is 62.7 Å².